The fraction of sp³-hybridized carbons (Fsp3) is 0.261. The Morgan fingerprint density at radius 3 is 2.55 bits per heavy atom. The van der Waals surface area contributed by atoms with E-state index in [2.05, 4.69) is 4.98 Å². The number of hydrogen-bond donors (Lipinski definition) is 2. The van der Waals surface area contributed by atoms with Crippen molar-refractivity contribution in [1.82, 2.24) is 9.55 Å². The topological polar surface area (TPSA) is 120 Å². The molecule has 10 heteroatoms. The zero-order chi connectivity index (χ0) is 24.0. The summed E-state index contributed by atoms with van der Waals surface area (Å²) >= 11 is 6.11. The summed E-state index contributed by atoms with van der Waals surface area (Å²) in [5, 5.41) is 0.326. The summed E-state index contributed by atoms with van der Waals surface area (Å²) in [6.07, 6.45) is 0.418. The number of halogens is 1. The molecule has 3 rings (SSSR count). The van der Waals surface area contributed by atoms with Crippen LogP contribution < -0.4 is 26.6 Å². The number of hydrogen-bond acceptors (Lipinski definition) is 6. The van der Waals surface area contributed by atoms with Crippen molar-refractivity contribution in [2.45, 2.75) is 13.0 Å². The maximum atomic E-state index is 13.6. The Morgan fingerprint density at radius 1 is 1.15 bits per heavy atom. The summed E-state index contributed by atoms with van der Waals surface area (Å²) in [5.74, 6) is -0.388. The molecule has 174 valence electrons. The summed E-state index contributed by atoms with van der Waals surface area (Å²) in [6.45, 7) is 0.576. The molecule has 0 fully saturated rings. The van der Waals surface area contributed by atoms with Crippen molar-refractivity contribution >= 4 is 29.0 Å². The standard InChI is InChI=1S/C23H25ClN4O5/c1-32-12-6-11-27(22(30)17-13-16(24)9-10-18(17)33-2)19-20(25)28(23(31)26-21(19)29)14-15-7-4-3-5-8-15/h3-5,7-10,13H,6,11-12,14,25H2,1-2H3,(H,26,29,31). The predicted molar refractivity (Wildman–Crippen MR) is 127 cm³/mol. The Morgan fingerprint density at radius 2 is 1.88 bits per heavy atom. The largest absolute Gasteiger partial charge is 0.496 e. The van der Waals surface area contributed by atoms with E-state index in [0.717, 1.165) is 5.56 Å². The maximum absolute atomic E-state index is 13.6. The molecule has 3 N–H and O–H groups in total. The molecule has 0 aliphatic heterocycles. The quantitative estimate of drug-likeness (QED) is 0.462. The van der Waals surface area contributed by atoms with E-state index in [9.17, 15) is 14.4 Å². The lowest BCUT2D eigenvalue weighted by atomic mass is 10.1. The Hall–Kier alpha value is -3.56. The number of methoxy groups -OCH3 is 2. The SMILES string of the molecule is COCCCN(C(=O)c1cc(Cl)ccc1OC)c1c(N)n(Cc2ccccc2)c(=O)[nH]c1=O. The fourth-order valence-corrected chi connectivity index (χ4v) is 3.61. The van der Waals surface area contributed by atoms with Gasteiger partial charge in [-0.1, -0.05) is 41.9 Å². The van der Waals surface area contributed by atoms with E-state index in [4.69, 9.17) is 26.8 Å². The monoisotopic (exact) mass is 472 g/mol. The van der Waals surface area contributed by atoms with Gasteiger partial charge >= 0.3 is 5.69 Å². The van der Waals surface area contributed by atoms with Crippen molar-refractivity contribution in [1.29, 1.82) is 0 Å². The highest BCUT2D eigenvalue weighted by Gasteiger charge is 2.27. The van der Waals surface area contributed by atoms with Crippen molar-refractivity contribution in [3.8, 4) is 5.75 Å². The van der Waals surface area contributed by atoms with Gasteiger partial charge in [0, 0.05) is 25.3 Å². The molecule has 0 bridgehead atoms. The Kier molecular flexibility index (Phi) is 7.92. The van der Waals surface area contributed by atoms with Gasteiger partial charge in [-0.3, -0.25) is 19.1 Å². The smallest absolute Gasteiger partial charge is 0.330 e. The Bertz CT molecular complexity index is 1240. The molecule has 1 aromatic heterocycles. The number of H-pyrrole nitrogens is 1. The number of anilines is 2. The lowest BCUT2D eigenvalue weighted by Crippen LogP contribution is -2.42. The average molecular weight is 473 g/mol. The van der Waals surface area contributed by atoms with Gasteiger partial charge in [0.2, 0.25) is 0 Å². The molecule has 0 aliphatic rings. The normalized spacial score (nSPS) is 10.8. The van der Waals surface area contributed by atoms with Gasteiger partial charge in [-0.15, -0.1) is 0 Å². The molecule has 33 heavy (non-hydrogen) atoms. The van der Waals surface area contributed by atoms with E-state index in [1.807, 2.05) is 30.3 Å². The van der Waals surface area contributed by atoms with Crippen LogP contribution in [0.3, 0.4) is 0 Å². The average Bonchev–Trinajstić information content (AvgIpc) is 2.81. The second kappa shape index (κ2) is 10.8. The lowest BCUT2D eigenvalue weighted by Gasteiger charge is -2.25. The molecule has 0 unspecified atom stereocenters. The number of carbonyl (C=O) groups is 1. The number of nitrogens with zero attached hydrogens (tertiary/aromatic N) is 2. The Labute approximate surface area is 195 Å². The van der Waals surface area contributed by atoms with Crippen LogP contribution in [0.5, 0.6) is 5.75 Å². The van der Waals surface area contributed by atoms with E-state index in [0.29, 0.717) is 18.1 Å². The molecule has 9 nitrogen and oxygen atoms in total. The van der Waals surface area contributed by atoms with Crippen LogP contribution in [-0.4, -0.2) is 42.8 Å². The molecule has 1 heterocycles. The van der Waals surface area contributed by atoms with Crippen LogP contribution in [0.1, 0.15) is 22.3 Å². The van der Waals surface area contributed by atoms with Crippen LogP contribution in [0.15, 0.2) is 58.1 Å². The van der Waals surface area contributed by atoms with Crippen molar-refractivity contribution in [2.75, 3.05) is 38.0 Å². The van der Waals surface area contributed by atoms with Crippen LogP contribution in [0.2, 0.25) is 5.02 Å². The minimum Gasteiger partial charge on any atom is -0.496 e. The number of rotatable bonds is 9. The second-order valence-corrected chi connectivity index (χ2v) is 7.65. The van der Waals surface area contributed by atoms with Gasteiger partial charge in [0.1, 0.15) is 11.6 Å². The number of benzene rings is 2. The van der Waals surface area contributed by atoms with Gasteiger partial charge in [-0.05, 0) is 30.2 Å². The summed E-state index contributed by atoms with van der Waals surface area (Å²) < 4.78 is 11.6. The highest BCUT2D eigenvalue weighted by molar-refractivity contribution is 6.31. The number of aromatic amines is 1. The summed E-state index contributed by atoms with van der Waals surface area (Å²) in [7, 11) is 2.96. The molecule has 2 aromatic carbocycles. The first-order valence-electron chi connectivity index (χ1n) is 10.2. The van der Waals surface area contributed by atoms with E-state index in [1.54, 1.807) is 12.1 Å². The predicted octanol–water partition coefficient (Wildman–Crippen LogP) is 2.51. The molecule has 1 amide bonds. The van der Waals surface area contributed by atoms with Crippen LogP contribution in [0.25, 0.3) is 0 Å². The molecular weight excluding hydrogens is 448 g/mol. The van der Waals surface area contributed by atoms with Gasteiger partial charge in [0.15, 0.2) is 5.69 Å². The molecular formula is C23H25ClN4O5. The van der Waals surface area contributed by atoms with E-state index < -0.39 is 17.2 Å². The molecule has 0 saturated carbocycles. The number of carbonyl (C=O) groups excluding carboxylic acids is 1. The minimum absolute atomic E-state index is 0.110. The van der Waals surface area contributed by atoms with Crippen molar-refractivity contribution < 1.29 is 14.3 Å². The maximum Gasteiger partial charge on any atom is 0.330 e. The van der Waals surface area contributed by atoms with Gasteiger partial charge in [0.05, 0.1) is 19.2 Å². The van der Waals surface area contributed by atoms with Crippen molar-refractivity contribution in [2.24, 2.45) is 0 Å². The van der Waals surface area contributed by atoms with Crippen molar-refractivity contribution in [3.63, 3.8) is 0 Å². The van der Waals surface area contributed by atoms with Crippen LogP contribution in [0, 0.1) is 0 Å². The zero-order valence-electron chi connectivity index (χ0n) is 18.3. The number of nitrogen functional groups attached to an aromatic ring is 1. The molecule has 0 saturated heterocycles. The fourth-order valence-electron chi connectivity index (χ4n) is 3.44. The number of ether oxygens (including phenoxy) is 2. The van der Waals surface area contributed by atoms with Crippen LogP contribution in [0.4, 0.5) is 11.5 Å². The third-order valence-electron chi connectivity index (χ3n) is 5.03. The molecule has 3 aromatic rings. The van der Waals surface area contributed by atoms with Gasteiger partial charge in [-0.2, -0.15) is 0 Å². The third-order valence-corrected chi connectivity index (χ3v) is 5.27. The highest BCUT2D eigenvalue weighted by atomic mass is 35.5. The van der Waals surface area contributed by atoms with E-state index in [-0.39, 0.29) is 35.9 Å². The highest BCUT2D eigenvalue weighted by Crippen LogP contribution is 2.27. The molecule has 0 radical (unpaired) electrons. The van der Waals surface area contributed by atoms with Gasteiger partial charge in [0.25, 0.3) is 11.5 Å². The summed E-state index contributed by atoms with van der Waals surface area (Å²) in [6, 6.07) is 13.8. The minimum atomic E-state index is -0.770. The van der Waals surface area contributed by atoms with Crippen molar-refractivity contribution in [3.05, 3.63) is 85.5 Å². The van der Waals surface area contributed by atoms with Gasteiger partial charge in [-0.25, -0.2) is 4.79 Å². The number of nitrogens with one attached hydrogen (secondary N) is 1. The summed E-state index contributed by atoms with van der Waals surface area (Å²) in [5.41, 5.74) is 5.70. The first-order valence-corrected chi connectivity index (χ1v) is 10.6. The van der Waals surface area contributed by atoms with Crippen LogP contribution >= 0.6 is 11.6 Å². The lowest BCUT2D eigenvalue weighted by molar-refractivity contribution is 0.0980. The first-order chi connectivity index (χ1) is 15.9. The second-order valence-electron chi connectivity index (χ2n) is 7.21. The number of aromatic nitrogens is 2. The molecule has 0 atom stereocenters. The first kappa shape index (κ1) is 24.1. The zero-order valence-corrected chi connectivity index (χ0v) is 19.1. The molecule has 0 spiro atoms. The van der Waals surface area contributed by atoms with Crippen LogP contribution in [-0.2, 0) is 11.3 Å². The Balaban J connectivity index is 2.14. The molecule has 0 aliphatic carbocycles. The summed E-state index contributed by atoms with van der Waals surface area (Å²) in [4.78, 5) is 42.5. The van der Waals surface area contributed by atoms with E-state index in [1.165, 1.54) is 29.8 Å². The van der Waals surface area contributed by atoms with Gasteiger partial charge < -0.3 is 20.1 Å². The third kappa shape index (κ3) is 5.44. The number of amides is 1. The number of nitrogens with two attached hydrogens (primary N) is 1. The van der Waals surface area contributed by atoms with E-state index >= 15 is 0 Å².